The minimum atomic E-state index is -0.390. The quantitative estimate of drug-likeness (QED) is 0.784. The average Bonchev–Trinajstić information content (AvgIpc) is 2.84. The van der Waals surface area contributed by atoms with Crippen molar-refractivity contribution in [3.63, 3.8) is 0 Å². The maximum Gasteiger partial charge on any atom is 0.137 e. The van der Waals surface area contributed by atoms with E-state index < -0.39 is 6.10 Å². The number of halogens is 1. The van der Waals surface area contributed by atoms with Gasteiger partial charge in [0.2, 0.25) is 0 Å². The number of hydrogen-bond acceptors (Lipinski definition) is 3. The van der Waals surface area contributed by atoms with Gasteiger partial charge in [-0.2, -0.15) is 0 Å². The molecule has 3 unspecified atom stereocenters. The zero-order valence-corrected chi connectivity index (χ0v) is 9.79. The molecule has 4 heteroatoms. The fourth-order valence-corrected chi connectivity index (χ4v) is 3.35. The van der Waals surface area contributed by atoms with Gasteiger partial charge in [-0.25, -0.2) is 0 Å². The van der Waals surface area contributed by atoms with Gasteiger partial charge in [0.1, 0.15) is 5.75 Å². The van der Waals surface area contributed by atoms with Gasteiger partial charge in [-0.1, -0.05) is 17.7 Å². The van der Waals surface area contributed by atoms with Gasteiger partial charge in [-0.15, -0.1) is 0 Å². The summed E-state index contributed by atoms with van der Waals surface area (Å²) in [6, 6.07) is 3.77. The van der Waals surface area contributed by atoms with Crippen LogP contribution in [0, 0.1) is 5.92 Å². The second-order valence-corrected chi connectivity index (χ2v) is 4.84. The highest BCUT2D eigenvalue weighted by Crippen LogP contribution is 2.51. The van der Waals surface area contributed by atoms with Crippen molar-refractivity contribution in [3.8, 4) is 5.75 Å². The van der Waals surface area contributed by atoms with Gasteiger partial charge in [0.25, 0.3) is 0 Å². The number of aliphatic hydroxyl groups is 1. The molecule has 0 spiro atoms. The molecule has 1 aromatic carbocycles. The van der Waals surface area contributed by atoms with Crippen LogP contribution in [0.1, 0.15) is 23.1 Å². The van der Waals surface area contributed by atoms with E-state index in [-0.39, 0.29) is 5.92 Å². The molecule has 16 heavy (non-hydrogen) atoms. The van der Waals surface area contributed by atoms with Crippen LogP contribution in [-0.2, 0) is 0 Å². The molecule has 0 radical (unpaired) electrons. The molecule has 1 aromatic rings. The van der Waals surface area contributed by atoms with Crippen LogP contribution in [0.15, 0.2) is 12.1 Å². The third-order valence-electron chi connectivity index (χ3n) is 3.75. The third-order valence-corrected chi connectivity index (χ3v) is 4.14. The third kappa shape index (κ3) is 1.22. The number of benzene rings is 1. The lowest BCUT2D eigenvalue weighted by molar-refractivity contribution is 0.126. The first-order valence-electron chi connectivity index (χ1n) is 5.49. The molecule has 2 aliphatic rings. The van der Waals surface area contributed by atoms with Crippen LogP contribution in [-0.4, -0.2) is 25.3 Å². The molecule has 3 rings (SSSR count). The number of nitrogens with one attached hydrogen (secondary N) is 1. The van der Waals surface area contributed by atoms with E-state index in [1.54, 1.807) is 7.11 Å². The number of rotatable bonds is 1. The van der Waals surface area contributed by atoms with Crippen molar-refractivity contribution in [2.24, 2.45) is 5.92 Å². The Bertz CT molecular complexity index is 435. The second kappa shape index (κ2) is 3.62. The Morgan fingerprint density at radius 2 is 2.25 bits per heavy atom. The molecule has 0 aromatic heterocycles. The summed E-state index contributed by atoms with van der Waals surface area (Å²) < 4.78 is 5.22. The van der Waals surface area contributed by atoms with Gasteiger partial charge < -0.3 is 15.2 Å². The SMILES string of the molecule is COc1ccc2c(c1Cl)C1CNCC1C2O. The molecule has 1 fully saturated rings. The van der Waals surface area contributed by atoms with Crippen molar-refractivity contribution in [2.75, 3.05) is 20.2 Å². The molecule has 1 saturated heterocycles. The Morgan fingerprint density at radius 3 is 3.00 bits per heavy atom. The van der Waals surface area contributed by atoms with E-state index >= 15 is 0 Å². The zero-order chi connectivity index (χ0) is 11.3. The molecule has 1 heterocycles. The van der Waals surface area contributed by atoms with Crippen molar-refractivity contribution >= 4 is 11.6 Å². The molecule has 0 bridgehead atoms. The standard InChI is InChI=1S/C12H14ClNO2/c1-16-9-3-2-6-10(11(9)13)7-4-14-5-8(7)12(6)15/h2-3,7-8,12,14-15H,4-5H2,1H3. The first-order chi connectivity index (χ1) is 7.74. The molecule has 86 valence electrons. The maximum atomic E-state index is 10.2. The Balaban J connectivity index is 2.16. The summed E-state index contributed by atoms with van der Waals surface area (Å²) in [7, 11) is 1.61. The highest BCUT2D eigenvalue weighted by atomic mass is 35.5. The summed E-state index contributed by atoms with van der Waals surface area (Å²) >= 11 is 6.32. The summed E-state index contributed by atoms with van der Waals surface area (Å²) in [6.07, 6.45) is -0.390. The van der Waals surface area contributed by atoms with Crippen LogP contribution in [0.5, 0.6) is 5.75 Å². The van der Waals surface area contributed by atoms with Crippen LogP contribution < -0.4 is 10.1 Å². The van der Waals surface area contributed by atoms with E-state index in [1.807, 2.05) is 12.1 Å². The van der Waals surface area contributed by atoms with Crippen molar-refractivity contribution in [3.05, 3.63) is 28.3 Å². The van der Waals surface area contributed by atoms with Crippen LogP contribution in [0.4, 0.5) is 0 Å². The highest BCUT2D eigenvalue weighted by molar-refractivity contribution is 6.33. The van der Waals surface area contributed by atoms with Crippen molar-refractivity contribution in [2.45, 2.75) is 12.0 Å². The van der Waals surface area contributed by atoms with Crippen molar-refractivity contribution in [1.29, 1.82) is 0 Å². The van der Waals surface area contributed by atoms with E-state index in [4.69, 9.17) is 16.3 Å². The Kier molecular flexibility index (Phi) is 2.35. The number of ether oxygens (including phenoxy) is 1. The summed E-state index contributed by atoms with van der Waals surface area (Å²) in [5.74, 6) is 1.28. The first kappa shape index (κ1) is 10.4. The van der Waals surface area contributed by atoms with Crippen LogP contribution in [0.3, 0.4) is 0 Å². The highest BCUT2D eigenvalue weighted by Gasteiger charge is 2.44. The van der Waals surface area contributed by atoms with Crippen LogP contribution >= 0.6 is 11.6 Å². The van der Waals surface area contributed by atoms with Gasteiger partial charge in [0.15, 0.2) is 0 Å². The van der Waals surface area contributed by atoms with Gasteiger partial charge in [-0.05, 0) is 17.2 Å². The lowest BCUT2D eigenvalue weighted by atomic mass is 9.95. The molecule has 1 aliphatic carbocycles. The van der Waals surface area contributed by atoms with Crippen molar-refractivity contribution in [1.82, 2.24) is 5.32 Å². The lowest BCUT2D eigenvalue weighted by Gasteiger charge is -2.12. The number of aliphatic hydroxyl groups excluding tert-OH is 1. The second-order valence-electron chi connectivity index (χ2n) is 4.46. The minimum absolute atomic E-state index is 0.264. The number of methoxy groups -OCH3 is 1. The van der Waals surface area contributed by atoms with E-state index in [9.17, 15) is 5.11 Å². The smallest absolute Gasteiger partial charge is 0.137 e. The number of fused-ring (bicyclic) bond motifs is 3. The summed E-state index contributed by atoms with van der Waals surface area (Å²) in [5.41, 5.74) is 2.05. The van der Waals surface area contributed by atoms with E-state index in [1.165, 1.54) is 0 Å². The minimum Gasteiger partial charge on any atom is -0.495 e. The molecule has 3 nitrogen and oxygen atoms in total. The average molecular weight is 240 g/mol. The topological polar surface area (TPSA) is 41.5 Å². The largest absolute Gasteiger partial charge is 0.495 e. The normalized spacial score (nSPS) is 31.3. The molecule has 1 aliphatic heterocycles. The van der Waals surface area contributed by atoms with Crippen LogP contribution in [0.2, 0.25) is 5.02 Å². The fraction of sp³-hybridized carbons (Fsp3) is 0.500. The monoisotopic (exact) mass is 239 g/mol. The summed E-state index contributed by atoms with van der Waals surface area (Å²) in [4.78, 5) is 0. The fourth-order valence-electron chi connectivity index (χ4n) is 2.96. The molecule has 0 saturated carbocycles. The van der Waals surface area contributed by atoms with Gasteiger partial charge >= 0.3 is 0 Å². The predicted octanol–water partition coefficient (Wildman–Crippen LogP) is 1.70. The Labute approximate surface area is 99.4 Å². The number of hydrogen-bond donors (Lipinski definition) is 2. The van der Waals surface area contributed by atoms with Gasteiger partial charge in [0.05, 0.1) is 18.2 Å². The molecular weight excluding hydrogens is 226 g/mol. The van der Waals surface area contributed by atoms with E-state index in [0.29, 0.717) is 16.7 Å². The molecule has 2 N–H and O–H groups in total. The molecule has 3 atom stereocenters. The first-order valence-corrected chi connectivity index (χ1v) is 5.87. The Morgan fingerprint density at radius 1 is 1.44 bits per heavy atom. The zero-order valence-electron chi connectivity index (χ0n) is 9.03. The van der Waals surface area contributed by atoms with Gasteiger partial charge in [-0.3, -0.25) is 0 Å². The van der Waals surface area contributed by atoms with E-state index in [0.717, 1.165) is 24.2 Å². The molecule has 0 amide bonds. The summed E-state index contributed by atoms with van der Waals surface area (Å²) in [5, 5.41) is 14.2. The maximum absolute atomic E-state index is 10.2. The van der Waals surface area contributed by atoms with Gasteiger partial charge in [0, 0.05) is 24.9 Å². The predicted molar refractivity (Wildman–Crippen MR) is 62.1 cm³/mol. The van der Waals surface area contributed by atoms with E-state index in [2.05, 4.69) is 5.32 Å². The Hall–Kier alpha value is -0.770. The van der Waals surface area contributed by atoms with Crippen molar-refractivity contribution < 1.29 is 9.84 Å². The summed E-state index contributed by atoms with van der Waals surface area (Å²) in [6.45, 7) is 1.75. The van der Waals surface area contributed by atoms with Crippen LogP contribution in [0.25, 0.3) is 0 Å². The lowest BCUT2D eigenvalue weighted by Crippen LogP contribution is -2.14. The molecular formula is C12H14ClNO2.